The summed E-state index contributed by atoms with van der Waals surface area (Å²) in [5, 5.41) is -0.0389. The van der Waals surface area contributed by atoms with Gasteiger partial charge in [0.1, 0.15) is 15.8 Å². The Bertz CT molecular complexity index is 519. The van der Waals surface area contributed by atoms with Crippen LogP contribution in [0.15, 0.2) is 39.9 Å². The van der Waals surface area contributed by atoms with E-state index in [2.05, 4.69) is 34.2 Å². The molecule has 2 heterocycles. The average molecular weight is 377 g/mol. The molecule has 0 saturated carbocycles. The lowest BCUT2D eigenvalue weighted by molar-refractivity contribution is -0.107. The lowest BCUT2D eigenvalue weighted by Gasteiger charge is -1.90. The van der Waals surface area contributed by atoms with Crippen molar-refractivity contribution in [1.29, 1.82) is 0 Å². The Morgan fingerprint density at radius 3 is 3.06 bits per heavy atom. The molecule has 0 atom stereocenters. The first kappa shape index (κ1) is 13.0. The normalized spacial score (nSPS) is 17.6. The van der Waals surface area contributed by atoms with Crippen LogP contribution in [0.1, 0.15) is 5.76 Å². The Hall–Kier alpha value is -0.470. The minimum Gasteiger partial charge on any atom is -0.451 e. The summed E-state index contributed by atoms with van der Waals surface area (Å²) in [4.78, 5) is 15.9. The van der Waals surface area contributed by atoms with Crippen LogP contribution < -0.4 is 0 Å². The third kappa shape index (κ3) is 3.49. The molecule has 0 aromatic carbocycles. The zero-order chi connectivity index (χ0) is 12.3. The Labute approximate surface area is 121 Å². The molecular formula is C11H8INO2S2. The standard InChI is InChI=1S/C11H8INO2S2/c1-2-5-16-11-13-8(10(14)17-11)6-7-3-4-9(12)15-7/h2-4,6H,1,5H2/b8-6+. The van der Waals surface area contributed by atoms with E-state index in [4.69, 9.17) is 4.42 Å². The van der Waals surface area contributed by atoms with Crippen molar-refractivity contribution in [3.05, 3.63) is 40.0 Å². The number of carbonyl (C=O) groups excluding carboxylic acids is 1. The van der Waals surface area contributed by atoms with Crippen LogP contribution in [0, 0.1) is 3.77 Å². The van der Waals surface area contributed by atoms with Crippen molar-refractivity contribution >= 4 is 61.7 Å². The van der Waals surface area contributed by atoms with E-state index in [9.17, 15) is 4.79 Å². The third-order valence-corrected chi connectivity index (χ3v) is 4.38. The zero-order valence-electron chi connectivity index (χ0n) is 8.68. The Balaban J connectivity index is 2.15. The van der Waals surface area contributed by atoms with Crippen LogP contribution in [0.25, 0.3) is 6.08 Å². The van der Waals surface area contributed by atoms with Crippen LogP contribution >= 0.6 is 46.1 Å². The Morgan fingerprint density at radius 2 is 2.41 bits per heavy atom. The molecule has 88 valence electrons. The highest BCUT2D eigenvalue weighted by Crippen LogP contribution is 2.31. The van der Waals surface area contributed by atoms with Crippen LogP contribution in [0.5, 0.6) is 0 Å². The predicted octanol–water partition coefficient (Wildman–Crippen LogP) is 3.77. The molecule has 0 spiro atoms. The minimum absolute atomic E-state index is 0.0389. The summed E-state index contributed by atoms with van der Waals surface area (Å²) in [6.45, 7) is 3.63. The monoisotopic (exact) mass is 377 g/mol. The summed E-state index contributed by atoms with van der Waals surface area (Å²) in [6, 6.07) is 3.66. The number of nitrogens with zero attached hydrogens (tertiary/aromatic N) is 1. The molecule has 0 saturated heterocycles. The Morgan fingerprint density at radius 1 is 1.59 bits per heavy atom. The van der Waals surface area contributed by atoms with E-state index in [1.807, 2.05) is 12.1 Å². The minimum atomic E-state index is -0.0389. The van der Waals surface area contributed by atoms with Crippen molar-refractivity contribution in [3.63, 3.8) is 0 Å². The molecular weight excluding hydrogens is 369 g/mol. The van der Waals surface area contributed by atoms with Crippen molar-refractivity contribution < 1.29 is 9.21 Å². The van der Waals surface area contributed by atoms with Gasteiger partial charge in [-0.05, 0) is 46.5 Å². The first-order chi connectivity index (χ1) is 8.19. The number of furan rings is 1. The van der Waals surface area contributed by atoms with Crippen LogP contribution in [0.3, 0.4) is 0 Å². The molecule has 6 heteroatoms. The fourth-order valence-corrected chi connectivity index (χ4v) is 3.16. The van der Waals surface area contributed by atoms with Gasteiger partial charge in [0.2, 0.25) is 5.12 Å². The van der Waals surface area contributed by atoms with Gasteiger partial charge >= 0.3 is 0 Å². The zero-order valence-corrected chi connectivity index (χ0v) is 12.5. The van der Waals surface area contributed by atoms with Gasteiger partial charge in [-0.25, -0.2) is 4.99 Å². The molecule has 0 N–H and O–H groups in total. The molecule has 0 unspecified atom stereocenters. The van der Waals surface area contributed by atoms with E-state index >= 15 is 0 Å². The van der Waals surface area contributed by atoms with Gasteiger partial charge in [-0.1, -0.05) is 17.8 Å². The quantitative estimate of drug-likeness (QED) is 0.457. The fourth-order valence-electron chi connectivity index (χ4n) is 1.12. The number of thioether (sulfide) groups is 2. The van der Waals surface area contributed by atoms with Crippen LogP contribution in [0.4, 0.5) is 0 Å². The molecule has 1 aliphatic rings. The molecule has 0 bridgehead atoms. The molecule has 0 fully saturated rings. The smallest absolute Gasteiger partial charge is 0.244 e. The van der Waals surface area contributed by atoms with Crippen LogP contribution in [-0.4, -0.2) is 15.2 Å². The summed E-state index contributed by atoms with van der Waals surface area (Å²) in [5.74, 6) is 1.41. The van der Waals surface area contributed by atoms with Crippen molar-refractivity contribution in [3.8, 4) is 0 Å². The van der Waals surface area contributed by atoms with Gasteiger partial charge in [0, 0.05) is 11.8 Å². The first-order valence-corrected chi connectivity index (χ1v) is 7.58. The molecule has 0 aliphatic carbocycles. The second kappa shape index (κ2) is 5.92. The molecule has 1 aliphatic heterocycles. The van der Waals surface area contributed by atoms with Crippen LogP contribution in [0.2, 0.25) is 0 Å². The Kier molecular flexibility index (Phi) is 4.52. The maximum absolute atomic E-state index is 11.7. The largest absolute Gasteiger partial charge is 0.451 e. The summed E-state index contributed by atoms with van der Waals surface area (Å²) < 4.78 is 6.92. The molecule has 0 amide bonds. The maximum Gasteiger partial charge on any atom is 0.244 e. The SMILES string of the molecule is C=CCSC1=N/C(=C/c2ccc(I)o2)C(=O)S1. The van der Waals surface area contributed by atoms with Gasteiger partial charge in [0.05, 0.1) is 0 Å². The van der Waals surface area contributed by atoms with Gasteiger partial charge in [-0.3, -0.25) is 4.79 Å². The lowest BCUT2D eigenvalue weighted by Crippen LogP contribution is -1.87. The van der Waals surface area contributed by atoms with Gasteiger partial charge in [-0.15, -0.1) is 6.58 Å². The third-order valence-electron chi connectivity index (χ3n) is 1.80. The first-order valence-electron chi connectivity index (χ1n) is 4.70. The van der Waals surface area contributed by atoms with Crippen molar-refractivity contribution in [1.82, 2.24) is 0 Å². The number of halogens is 1. The highest BCUT2D eigenvalue weighted by molar-refractivity contribution is 14.1. The topological polar surface area (TPSA) is 42.6 Å². The predicted molar refractivity (Wildman–Crippen MR) is 82.1 cm³/mol. The molecule has 2 rings (SSSR count). The lowest BCUT2D eigenvalue weighted by atomic mass is 10.3. The summed E-state index contributed by atoms with van der Waals surface area (Å²) >= 11 is 4.74. The summed E-state index contributed by atoms with van der Waals surface area (Å²) in [7, 11) is 0. The number of hydrogen-bond acceptors (Lipinski definition) is 5. The molecule has 1 aromatic rings. The average Bonchev–Trinajstić information content (AvgIpc) is 2.84. The van der Waals surface area contributed by atoms with Crippen molar-refractivity contribution in [2.45, 2.75) is 0 Å². The van der Waals surface area contributed by atoms with Crippen LogP contribution in [-0.2, 0) is 4.79 Å². The van der Waals surface area contributed by atoms with Gasteiger partial charge < -0.3 is 4.42 Å². The van der Waals surface area contributed by atoms with E-state index in [1.165, 1.54) is 11.8 Å². The van der Waals surface area contributed by atoms with Gasteiger partial charge in [0.25, 0.3) is 0 Å². The molecule has 0 radical (unpaired) electrons. The molecule has 3 nitrogen and oxygen atoms in total. The van der Waals surface area contributed by atoms with Gasteiger partial charge in [0.15, 0.2) is 3.77 Å². The molecule has 17 heavy (non-hydrogen) atoms. The molecule has 1 aromatic heterocycles. The van der Waals surface area contributed by atoms with E-state index in [1.54, 1.807) is 12.2 Å². The fraction of sp³-hybridized carbons (Fsp3) is 0.0909. The van der Waals surface area contributed by atoms with Crippen molar-refractivity contribution in [2.75, 3.05) is 5.75 Å². The number of aliphatic imine (C=N–C) groups is 1. The summed E-state index contributed by atoms with van der Waals surface area (Å²) in [6.07, 6.45) is 3.45. The second-order valence-corrected chi connectivity index (χ2v) is 6.33. The van der Waals surface area contributed by atoms with Crippen molar-refractivity contribution in [2.24, 2.45) is 4.99 Å². The second-order valence-electron chi connectivity index (χ2n) is 3.04. The van der Waals surface area contributed by atoms with E-state index < -0.39 is 0 Å². The highest BCUT2D eigenvalue weighted by Gasteiger charge is 2.22. The number of carbonyl (C=O) groups is 1. The van der Waals surface area contributed by atoms with E-state index in [0.717, 1.165) is 25.7 Å². The summed E-state index contributed by atoms with van der Waals surface area (Å²) in [5.41, 5.74) is 0.437. The van der Waals surface area contributed by atoms with E-state index in [0.29, 0.717) is 11.5 Å². The van der Waals surface area contributed by atoms with E-state index in [-0.39, 0.29) is 5.12 Å². The van der Waals surface area contributed by atoms with Gasteiger partial charge in [-0.2, -0.15) is 0 Å². The highest BCUT2D eigenvalue weighted by atomic mass is 127. The maximum atomic E-state index is 11.7. The number of rotatable bonds is 3. The number of hydrogen-bond donors (Lipinski definition) is 0.